The third-order valence-electron chi connectivity index (χ3n) is 0.192. The van der Waals surface area contributed by atoms with E-state index < -0.39 is 0 Å². The van der Waals surface area contributed by atoms with E-state index in [2.05, 4.69) is 19.3 Å². The van der Waals surface area contributed by atoms with Gasteiger partial charge in [0.25, 0.3) is 0 Å². The molecule has 0 aromatic rings. The third kappa shape index (κ3) is 6.19. The summed E-state index contributed by atoms with van der Waals surface area (Å²) in [6.07, 6.45) is 1.68. The fourth-order valence-electron chi connectivity index (χ4n) is 0.0669. The highest BCUT2D eigenvalue weighted by Gasteiger charge is 1.79. The predicted octanol–water partition coefficient (Wildman–Crippen LogP) is 0.706. The van der Waals surface area contributed by atoms with Crippen molar-refractivity contribution in [1.82, 2.24) is 0 Å². The van der Waals surface area contributed by atoms with Gasteiger partial charge in [0.05, 0.1) is 7.11 Å². The van der Waals surface area contributed by atoms with Gasteiger partial charge in [0, 0.05) is 18.3 Å². The molecule has 0 rings (SSSR count). The SMILES string of the molecule is COOOOSC. The molecule has 0 aliphatic rings. The molecule has 0 saturated carbocycles. The first-order valence-electron chi connectivity index (χ1n) is 1.48. The van der Waals surface area contributed by atoms with Crippen LogP contribution in [0.3, 0.4) is 0 Å². The van der Waals surface area contributed by atoms with Crippen LogP contribution in [-0.4, -0.2) is 13.4 Å². The Bertz CT molecular complexity index is 28.9. The minimum absolute atomic E-state index is 1.01. The molecule has 0 aliphatic heterocycles. The van der Waals surface area contributed by atoms with E-state index in [-0.39, 0.29) is 0 Å². The number of hydrogen-bond donors (Lipinski definition) is 0. The van der Waals surface area contributed by atoms with Crippen molar-refractivity contribution in [1.29, 1.82) is 0 Å². The van der Waals surface area contributed by atoms with Gasteiger partial charge in [0.1, 0.15) is 0 Å². The molecule has 0 spiro atoms. The van der Waals surface area contributed by atoms with Gasteiger partial charge >= 0.3 is 0 Å². The summed E-state index contributed by atoms with van der Waals surface area (Å²) < 4.78 is 4.14. The second kappa shape index (κ2) is 6.19. The molecule has 0 aromatic heterocycles. The molecule has 0 atom stereocenters. The third-order valence-corrected chi connectivity index (χ3v) is 0.383. The summed E-state index contributed by atoms with van der Waals surface area (Å²) in [5.74, 6) is 0. The molecule has 7 heavy (non-hydrogen) atoms. The van der Waals surface area contributed by atoms with Crippen molar-refractivity contribution in [3.05, 3.63) is 0 Å². The molecule has 0 heterocycles. The fourth-order valence-corrected chi connectivity index (χ4v) is 0.145. The van der Waals surface area contributed by atoms with Gasteiger partial charge in [-0.25, -0.2) is 4.89 Å². The Balaban J connectivity index is 2.45. The van der Waals surface area contributed by atoms with Crippen molar-refractivity contribution in [2.45, 2.75) is 0 Å². The maximum absolute atomic E-state index is 4.14. The van der Waals surface area contributed by atoms with Crippen LogP contribution in [0.1, 0.15) is 0 Å². The first-order chi connectivity index (χ1) is 3.41. The average Bonchev–Trinajstić information content (AvgIpc) is 1.69. The lowest BCUT2D eigenvalue weighted by Crippen LogP contribution is -1.87. The van der Waals surface area contributed by atoms with Crippen LogP contribution >= 0.6 is 12.0 Å². The van der Waals surface area contributed by atoms with Gasteiger partial charge in [-0.15, -0.1) is 4.33 Å². The molecule has 0 radical (unpaired) electrons. The quantitative estimate of drug-likeness (QED) is 0.240. The number of hydrogen-bond acceptors (Lipinski definition) is 5. The summed E-state index contributed by atoms with van der Waals surface area (Å²) in [6, 6.07) is 0. The van der Waals surface area contributed by atoms with Crippen LogP contribution in [0.4, 0.5) is 0 Å². The second-order valence-electron chi connectivity index (χ2n) is 0.537. The van der Waals surface area contributed by atoms with Crippen molar-refractivity contribution in [2.75, 3.05) is 13.4 Å². The van der Waals surface area contributed by atoms with Crippen molar-refractivity contribution in [3.63, 3.8) is 0 Å². The molecule has 0 amide bonds. The molecule has 4 nitrogen and oxygen atoms in total. The van der Waals surface area contributed by atoms with E-state index in [4.69, 9.17) is 0 Å². The monoisotopic (exact) mass is 126 g/mol. The minimum atomic E-state index is 1.01. The Kier molecular flexibility index (Phi) is 6.36. The van der Waals surface area contributed by atoms with Gasteiger partial charge < -0.3 is 0 Å². The first-order valence-corrected chi connectivity index (χ1v) is 2.63. The van der Waals surface area contributed by atoms with Crippen LogP contribution in [0.15, 0.2) is 0 Å². The smallest absolute Gasteiger partial charge is 0.0745 e. The standard InChI is InChI=1S/C2H6O4S/c1-3-4-5-6-7-2/h1-2H3. The molecule has 0 aliphatic carbocycles. The lowest BCUT2D eigenvalue weighted by atomic mass is 11.8. The lowest BCUT2D eigenvalue weighted by molar-refractivity contribution is -0.597. The summed E-state index contributed by atoms with van der Waals surface area (Å²) in [5, 5.41) is 7.70. The average molecular weight is 126 g/mol. The minimum Gasteiger partial charge on any atom is -0.207 e. The van der Waals surface area contributed by atoms with Crippen LogP contribution in [-0.2, 0) is 19.3 Å². The van der Waals surface area contributed by atoms with Crippen molar-refractivity contribution >= 4 is 12.0 Å². The molecule has 0 unspecified atom stereocenters. The Morgan fingerprint density at radius 1 is 1.29 bits per heavy atom. The maximum atomic E-state index is 4.14. The summed E-state index contributed by atoms with van der Waals surface area (Å²) >= 11 is 1.01. The van der Waals surface area contributed by atoms with E-state index in [1.807, 2.05) is 0 Å². The van der Waals surface area contributed by atoms with E-state index >= 15 is 0 Å². The summed E-state index contributed by atoms with van der Waals surface area (Å²) in [7, 11) is 1.31. The normalized spacial score (nSPS) is 9.43. The van der Waals surface area contributed by atoms with Gasteiger partial charge in [0.15, 0.2) is 0 Å². The summed E-state index contributed by atoms with van der Waals surface area (Å²) in [4.78, 5) is 3.98. The molecule has 0 fully saturated rings. The van der Waals surface area contributed by atoms with Gasteiger partial charge in [-0.1, -0.05) is 0 Å². The Labute approximate surface area is 45.7 Å². The predicted molar refractivity (Wildman–Crippen MR) is 23.8 cm³/mol. The first kappa shape index (κ1) is 7.19. The van der Waals surface area contributed by atoms with Crippen LogP contribution in [0.25, 0.3) is 0 Å². The highest BCUT2D eigenvalue weighted by Crippen LogP contribution is 1.94. The molecule has 0 saturated heterocycles. The largest absolute Gasteiger partial charge is 0.207 e. The van der Waals surface area contributed by atoms with Gasteiger partial charge in [-0.2, -0.15) is 0 Å². The van der Waals surface area contributed by atoms with Crippen molar-refractivity contribution in [2.24, 2.45) is 0 Å². The van der Waals surface area contributed by atoms with Crippen LogP contribution < -0.4 is 0 Å². The Morgan fingerprint density at radius 3 is 2.43 bits per heavy atom. The van der Waals surface area contributed by atoms with Crippen LogP contribution in [0.2, 0.25) is 0 Å². The molecular formula is C2H6O4S. The topological polar surface area (TPSA) is 36.9 Å². The summed E-state index contributed by atoms with van der Waals surface area (Å²) in [6.45, 7) is 0. The van der Waals surface area contributed by atoms with Gasteiger partial charge in [-0.05, 0) is 10.1 Å². The van der Waals surface area contributed by atoms with Crippen molar-refractivity contribution < 1.29 is 19.3 Å². The van der Waals surface area contributed by atoms with Crippen LogP contribution in [0, 0.1) is 0 Å². The van der Waals surface area contributed by atoms with E-state index in [0.717, 1.165) is 12.0 Å². The van der Waals surface area contributed by atoms with Gasteiger partial charge in [-0.3, -0.25) is 0 Å². The summed E-state index contributed by atoms with van der Waals surface area (Å²) in [5.41, 5.74) is 0. The molecular weight excluding hydrogens is 120 g/mol. The zero-order valence-corrected chi connectivity index (χ0v) is 4.86. The van der Waals surface area contributed by atoms with E-state index in [0.29, 0.717) is 0 Å². The van der Waals surface area contributed by atoms with E-state index in [1.54, 1.807) is 6.26 Å². The molecule has 44 valence electrons. The van der Waals surface area contributed by atoms with Crippen LogP contribution in [0.5, 0.6) is 0 Å². The zero-order chi connectivity index (χ0) is 5.54. The maximum Gasteiger partial charge on any atom is 0.0745 e. The molecule has 5 heteroatoms. The van der Waals surface area contributed by atoms with Crippen molar-refractivity contribution in [3.8, 4) is 0 Å². The zero-order valence-electron chi connectivity index (χ0n) is 4.04. The lowest BCUT2D eigenvalue weighted by Gasteiger charge is -1.91. The highest BCUT2D eigenvalue weighted by molar-refractivity contribution is 7.93. The highest BCUT2D eigenvalue weighted by atomic mass is 32.2. The molecule has 0 bridgehead atoms. The second-order valence-corrected chi connectivity index (χ2v) is 1.01. The Morgan fingerprint density at radius 2 is 2.00 bits per heavy atom. The molecule has 0 aromatic carbocycles. The van der Waals surface area contributed by atoms with Gasteiger partial charge in [0.2, 0.25) is 0 Å². The molecule has 0 N–H and O–H groups in total. The Hall–Kier alpha value is 0.190. The van der Waals surface area contributed by atoms with E-state index in [1.165, 1.54) is 7.11 Å². The number of rotatable bonds is 4. The fraction of sp³-hybridized carbons (Fsp3) is 1.00. The van der Waals surface area contributed by atoms with E-state index in [9.17, 15) is 0 Å².